The number of aliphatic hydroxyl groups is 1. The van der Waals surface area contributed by atoms with Gasteiger partial charge in [-0.2, -0.15) is 0 Å². The molecule has 0 saturated carbocycles. The van der Waals surface area contributed by atoms with Crippen LogP contribution in [0.1, 0.15) is 37.6 Å². The number of pyridine rings is 1. The SMILES string of the molecule is CC[C@@H](C)[C@@](C)(O)CNC(=O)c1cccnc1Cl. The van der Waals surface area contributed by atoms with Gasteiger partial charge in [0.1, 0.15) is 5.15 Å². The van der Waals surface area contributed by atoms with Gasteiger partial charge < -0.3 is 10.4 Å². The molecule has 0 radical (unpaired) electrons. The van der Waals surface area contributed by atoms with Crippen LogP contribution in [0.25, 0.3) is 0 Å². The summed E-state index contributed by atoms with van der Waals surface area (Å²) in [6.07, 6.45) is 2.37. The van der Waals surface area contributed by atoms with E-state index in [9.17, 15) is 9.90 Å². The van der Waals surface area contributed by atoms with Crippen LogP contribution in [0.4, 0.5) is 0 Å². The van der Waals surface area contributed by atoms with Crippen molar-refractivity contribution in [2.45, 2.75) is 32.8 Å². The van der Waals surface area contributed by atoms with E-state index in [1.54, 1.807) is 19.1 Å². The van der Waals surface area contributed by atoms with Crippen LogP contribution in [0.2, 0.25) is 5.15 Å². The number of nitrogens with zero attached hydrogens (tertiary/aromatic N) is 1. The first-order valence-electron chi connectivity index (χ1n) is 5.99. The van der Waals surface area contributed by atoms with E-state index in [1.807, 2.05) is 13.8 Å². The van der Waals surface area contributed by atoms with E-state index in [2.05, 4.69) is 10.3 Å². The van der Waals surface area contributed by atoms with Gasteiger partial charge in [-0.3, -0.25) is 4.79 Å². The summed E-state index contributed by atoms with van der Waals surface area (Å²) in [7, 11) is 0. The van der Waals surface area contributed by atoms with E-state index in [1.165, 1.54) is 6.20 Å². The lowest BCUT2D eigenvalue weighted by molar-refractivity contribution is 0.00592. The number of nitrogens with one attached hydrogen (secondary N) is 1. The van der Waals surface area contributed by atoms with E-state index >= 15 is 0 Å². The fourth-order valence-electron chi connectivity index (χ4n) is 1.52. The van der Waals surface area contributed by atoms with Crippen molar-refractivity contribution in [1.29, 1.82) is 0 Å². The van der Waals surface area contributed by atoms with Crippen molar-refractivity contribution in [3.63, 3.8) is 0 Å². The average Bonchev–Trinajstić information content (AvgIpc) is 2.35. The zero-order valence-corrected chi connectivity index (χ0v) is 11.7. The van der Waals surface area contributed by atoms with E-state index in [-0.39, 0.29) is 23.5 Å². The Bertz CT molecular complexity index is 421. The summed E-state index contributed by atoms with van der Waals surface area (Å²) in [5.74, 6) is -0.223. The maximum Gasteiger partial charge on any atom is 0.254 e. The molecule has 2 atom stereocenters. The van der Waals surface area contributed by atoms with E-state index in [4.69, 9.17) is 11.6 Å². The standard InChI is InChI=1S/C13H19ClN2O2/c1-4-9(2)13(3,18)8-16-12(17)10-6-5-7-15-11(10)14/h5-7,9,18H,4,8H2,1-3H3,(H,16,17)/t9-,13+/m1/s1. The van der Waals surface area contributed by atoms with E-state index in [0.29, 0.717) is 5.56 Å². The van der Waals surface area contributed by atoms with Crippen molar-refractivity contribution in [1.82, 2.24) is 10.3 Å². The second-order valence-corrected chi connectivity index (χ2v) is 5.05. The molecular formula is C13H19ClN2O2. The molecule has 1 amide bonds. The Balaban J connectivity index is 2.65. The predicted octanol–water partition coefficient (Wildman–Crippen LogP) is 2.26. The quantitative estimate of drug-likeness (QED) is 0.807. The smallest absolute Gasteiger partial charge is 0.254 e. The van der Waals surface area contributed by atoms with Gasteiger partial charge in [0.25, 0.3) is 5.91 Å². The molecule has 1 aromatic rings. The van der Waals surface area contributed by atoms with Crippen LogP contribution in [0.3, 0.4) is 0 Å². The summed E-state index contributed by atoms with van der Waals surface area (Å²) in [5, 5.41) is 13.0. The van der Waals surface area contributed by atoms with Crippen LogP contribution in [-0.2, 0) is 0 Å². The summed E-state index contributed by atoms with van der Waals surface area (Å²) in [6, 6.07) is 3.25. The monoisotopic (exact) mass is 270 g/mol. The van der Waals surface area contributed by atoms with Crippen molar-refractivity contribution in [2.75, 3.05) is 6.54 Å². The molecule has 4 nitrogen and oxygen atoms in total. The lowest BCUT2D eigenvalue weighted by Crippen LogP contribution is -2.45. The first-order valence-corrected chi connectivity index (χ1v) is 6.37. The highest BCUT2D eigenvalue weighted by atomic mass is 35.5. The van der Waals surface area contributed by atoms with Crippen LogP contribution >= 0.6 is 11.6 Å². The molecule has 18 heavy (non-hydrogen) atoms. The topological polar surface area (TPSA) is 62.2 Å². The molecular weight excluding hydrogens is 252 g/mol. The van der Waals surface area contributed by atoms with Crippen LogP contribution in [0, 0.1) is 5.92 Å². The maximum atomic E-state index is 11.9. The maximum absolute atomic E-state index is 11.9. The molecule has 0 fully saturated rings. The minimum atomic E-state index is -0.931. The largest absolute Gasteiger partial charge is 0.388 e. The third-order valence-corrected chi connectivity index (χ3v) is 3.59. The fraction of sp³-hybridized carbons (Fsp3) is 0.538. The molecule has 0 saturated heterocycles. The number of hydrogen-bond acceptors (Lipinski definition) is 3. The summed E-state index contributed by atoms with van der Waals surface area (Å²) in [6.45, 7) is 5.85. The van der Waals surface area contributed by atoms with Gasteiger partial charge in [0.2, 0.25) is 0 Å². The third-order valence-electron chi connectivity index (χ3n) is 3.28. The molecule has 100 valence electrons. The lowest BCUT2D eigenvalue weighted by Gasteiger charge is -2.29. The molecule has 0 aliphatic carbocycles. The first kappa shape index (κ1) is 14.9. The third kappa shape index (κ3) is 3.68. The average molecular weight is 271 g/mol. The van der Waals surface area contributed by atoms with Gasteiger partial charge in [0.05, 0.1) is 11.2 Å². The Morgan fingerprint density at radius 3 is 2.89 bits per heavy atom. The van der Waals surface area contributed by atoms with Gasteiger partial charge in [-0.15, -0.1) is 0 Å². The Morgan fingerprint density at radius 1 is 1.67 bits per heavy atom. The van der Waals surface area contributed by atoms with Crippen LogP contribution in [-0.4, -0.2) is 28.1 Å². The minimum absolute atomic E-state index is 0.0992. The molecule has 1 aromatic heterocycles. The molecule has 0 aliphatic heterocycles. The highest BCUT2D eigenvalue weighted by Gasteiger charge is 2.27. The molecule has 0 aliphatic rings. The molecule has 0 aromatic carbocycles. The summed E-state index contributed by atoms with van der Waals surface area (Å²) in [4.78, 5) is 15.7. The van der Waals surface area contributed by atoms with Crippen molar-refractivity contribution < 1.29 is 9.90 Å². The highest BCUT2D eigenvalue weighted by molar-refractivity contribution is 6.32. The molecule has 5 heteroatoms. The lowest BCUT2D eigenvalue weighted by atomic mass is 9.88. The molecule has 0 unspecified atom stereocenters. The number of carbonyl (C=O) groups excluding carboxylic acids is 1. The second kappa shape index (κ2) is 6.16. The Labute approximate surface area is 112 Å². The summed E-state index contributed by atoms with van der Waals surface area (Å²) in [5.41, 5.74) is -0.613. The Kier molecular flexibility index (Phi) is 5.11. The number of aromatic nitrogens is 1. The Hall–Kier alpha value is -1.13. The van der Waals surface area contributed by atoms with Crippen molar-refractivity contribution in [2.24, 2.45) is 5.92 Å². The predicted molar refractivity (Wildman–Crippen MR) is 71.7 cm³/mol. The van der Waals surface area contributed by atoms with Crippen molar-refractivity contribution >= 4 is 17.5 Å². The number of carbonyl (C=O) groups is 1. The summed E-state index contributed by atoms with van der Waals surface area (Å²) < 4.78 is 0. The molecule has 1 heterocycles. The molecule has 1 rings (SSSR count). The van der Waals surface area contributed by atoms with Gasteiger partial charge in [0, 0.05) is 12.7 Å². The zero-order chi connectivity index (χ0) is 13.8. The number of amides is 1. The summed E-state index contributed by atoms with van der Waals surface area (Å²) >= 11 is 5.82. The van der Waals surface area contributed by atoms with Crippen molar-refractivity contribution in [3.8, 4) is 0 Å². The molecule has 2 N–H and O–H groups in total. The molecule has 0 spiro atoms. The van der Waals surface area contributed by atoms with Crippen LogP contribution in [0.5, 0.6) is 0 Å². The van der Waals surface area contributed by atoms with Gasteiger partial charge in [-0.05, 0) is 25.0 Å². The van der Waals surface area contributed by atoms with Gasteiger partial charge in [-0.1, -0.05) is 31.9 Å². The van der Waals surface area contributed by atoms with E-state index < -0.39 is 5.60 Å². The normalized spacial score (nSPS) is 15.8. The second-order valence-electron chi connectivity index (χ2n) is 4.69. The number of hydrogen-bond donors (Lipinski definition) is 2. The van der Waals surface area contributed by atoms with Gasteiger partial charge in [0.15, 0.2) is 0 Å². The van der Waals surface area contributed by atoms with Crippen LogP contribution < -0.4 is 5.32 Å². The zero-order valence-electron chi connectivity index (χ0n) is 10.9. The van der Waals surface area contributed by atoms with Gasteiger partial charge in [-0.25, -0.2) is 4.98 Å². The fourth-order valence-corrected chi connectivity index (χ4v) is 1.73. The number of halogens is 1. The minimum Gasteiger partial charge on any atom is -0.388 e. The first-order chi connectivity index (χ1) is 8.38. The highest BCUT2D eigenvalue weighted by Crippen LogP contribution is 2.19. The van der Waals surface area contributed by atoms with E-state index in [0.717, 1.165) is 6.42 Å². The molecule has 0 bridgehead atoms. The van der Waals surface area contributed by atoms with Crippen molar-refractivity contribution in [3.05, 3.63) is 29.0 Å². The van der Waals surface area contributed by atoms with Gasteiger partial charge >= 0.3 is 0 Å². The number of rotatable bonds is 5. The van der Waals surface area contributed by atoms with Crippen LogP contribution in [0.15, 0.2) is 18.3 Å². The Morgan fingerprint density at radius 2 is 2.33 bits per heavy atom.